The number of aromatic amines is 2. The predicted molar refractivity (Wildman–Crippen MR) is 176 cm³/mol. The summed E-state index contributed by atoms with van der Waals surface area (Å²) >= 11 is 0. The normalized spacial score (nSPS) is 11.2. The summed E-state index contributed by atoms with van der Waals surface area (Å²) in [5.41, 5.74) is 8.88. The smallest absolute Gasteiger partial charge is 0.870 e. The molecule has 0 saturated heterocycles. The van der Waals surface area contributed by atoms with E-state index in [1.807, 2.05) is 13.8 Å². The van der Waals surface area contributed by atoms with E-state index in [9.17, 15) is 19.5 Å². The Hall–Kier alpha value is -3.05. The molecule has 244 valence electrons. The minimum absolute atomic E-state index is 0. The Labute approximate surface area is 281 Å². The van der Waals surface area contributed by atoms with Crippen LogP contribution >= 0.6 is 0 Å². The molecule has 3 aromatic rings. The molecular formula is C36H53LiN2O6. The Morgan fingerprint density at radius 1 is 0.556 bits per heavy atom. The van der Waals surface area contributed by atoms with E-state index < -0.39 is 11.9 Å². The molecule has 3 rings (SSSR count). The van der Waals surface area contributed by atoms with Crippen molar-refractivity contribution in [3.8, 4) is 0 Å². The minimum atomic E-state index is -0.961. The number of H-pyrrole nitrogens is 2. The van der Waals surface area contributed by atoms with Crippen molar-refractivity contribution in [2.75, 3.05) is 0 Å². The molecule has 0 aliphatic rings. The van der Waals surface area contributed by atoms with Gasteiger partial charge in [-0.3, -0.25) is 4.79 Å². The number of aromatic nitrogens is 2. The average molecular weight is 617 g/mol. The Balaban J connectivity index is 0.000000892. The summed E-state index contributed by atoms with van der Waals surface area (Å²) in [7, 11) is 0. The molecule has 0 amide bonds. The van der Waals surface area contributed by atoms with Crippen molar-refractivity contribution in [1.29, 1.82) is 0 Å². The molecule has 0 aliphatic heterocycles. The van der Waals surface area contributed by atoms with Crippen LogP contribution < -0.4 is 18.9 Å². The monoisotopic (exact) mass is 616 g/mol. The van der Waals surface area contributed by atoms with E-state index in [1.165, 1.54) is 11.1 Å². The Morgan fingerprint density at radius 2 is 0.911 bits per heavy atom. The Bertz CT molecular complexity index is 1430. The van der Waals surface area contributed by atoms with E-state index in [2.05, 4.69) is 79.2 Å². The molecule has 45 heavy (non-hydrogen) atoms. The maximum Gasteiger partial charge on any atom is 1.00 e. The van der Waals surface area contributed by atoms with Crippen molar-refractivity contribution in [2.24, 2.45) is 0 Å². The number of aromatic carboxylic acids is 2. The van der Waals surface area contributed by atoms with E-state index in [0.717, 1.165) is 28.1 Å². The van der Waals surface area contributed by atoms with Crippen molar-refractivity contribution in [3.63, 3.8) is 0 Å². The Morgan fingerprint density at radius 3 is 1.22 bits per heavy atom. The van der Waals surface area contributed by atoms with Crippen LogP contribution in [0.25, 0.3) is 0 Å². The first kappa shape index (κ1) is 41.9. The van der Waals surface area contributed by atoms with Crippen LogP contribution in [-0.4, -0.2) is 43.4 Å². The van der Waals surface area contributed by atoms with Gasteiger partial charge in [0, 0.05) is 17.8 Å². The largest absolute Gasteiger partial charge is 1.00 e. The minimum Gasteiger partial charge on any atom is -0.870 e. The zero-order valence-corrected chi connectivity index (χ0v) is 29.5. The van der Waals surface area contributed by atoms with Crippen molar-refractivity contribution in [2.45, 2.75) is 125 Å². The van der Waals surface area contributed by atoms with Gasteiger partial charge >= 0.3 is 30.8 Å². The molecule has 0 bridgehead atoms. The van der Waals surface area contributed by atoms with E-state index in [1.54, 1.807) is 24.3 Å². The number of hydrogen-bond donors (Lipinski definition) is 4. The van der Waals surface area contributed by atoms with Crippen molar-refractivity contribution < 1.29 is 48.9 Å². The number of benzene rings is 1. The van der Waals surface area contributed by atoms with Crippen LogP contribution in [-0.2, 0) is 6.42 Å². The van der Waals surface area contributed by atoms with Gasteiger partial charge in [-0.05, 0) is 75.5 Å². The SMILES string of the molecule is CC(C)c1[nH]c(C(=O)Cc2ccc(C(=O)O)cc2)c(C(C)C)c1C(C)C.CC(C)c1[nH]c(C(=O)O)c(C(C)C)c1C(C)C.[Li+].[OH-]. The molecule has 2 heterocycles. The van der Waals surface area contributed by atoms with Crippen molar-refractivity contribution in [1.82, 2.24) is 9.97 Å². The third-order valence-electron chi connectivity index (χ3n) is 7.74. The predicted octanol–water partition coefficient (Wildman–Crippen LogP) is 6.42. The fourth-order valence-corrected chi connectivity index (χ4v) is 5.88. The molecule has 5 N–H and O–H groups in total. The van der Waals surface area contributed by atoms with Gasteiger partial charge in [0.2, 0.25) is 0 Å². The maximum atomic E-state index is 13.0. The van der Waals surface area contributed by atoms with Crippen LogP contribution in [0.4, 0.5) is 0 Å². The number of hydrogen-bond acceptors (Lipinski definition) is 4. The van der Waals surface area contributed by atoms with Crippen molar-refractivity contribution >= 4 is 17.7 Å². The fourth-order valence-electron chi connectivity index (χ4n) is 5.88. The van der Waals surface area contributed by atoms with Crippen LogP contribution in [0.3, 0.4) is 0 Å². The van der Waals surface area contributed by atoms with Gasteiger partial charge in [0.05, 0.1) is 11.3 Å². The summed E-state index contributed by atoms with van der Waals surface area (Å²) in [5, 5.41) is 18.3. The summed E-state index contributed by atoms with van der Waals surface area (Å²) in [6.45, 7) is 25.4. The molecule has 0 atom stereocenters. The maximum absolute atomic E-state index is 13.0. The molecule has 0 fully saturated rings. The average Bonchev–Trinajstić information content (AvgIpc) is 3.50. The van der Waals surface area contributed by atoms with Crippen molar-refractivity contribution in [3.05, 3.63) is 80.4 Å². The molecule has 0 saturated carbocycles. The van der Waals surface area contributed by atoms with Crippen LogP contribution in [0.1, 0.15) is 189 Å². The molecule has 0 unspecified atom stereocenters. The van der Waals surface area contributed by atoms with Crippen LogP contribution in [0.15, 0.2) is 24.3 Å². The number of carboxylic acid groups (broad SMARTS) is 2. The molecular weight excluding hydrogens is 563 g/mol. The first-order chi connectivity index (χ1) is 19.9. The van der Waals surface area contributed by atoms with E-state index >= 15 is 0 Å². The summed E-state index contributed by atoms with van der Waals surface area (Å²) in [5.74, 6) is 0.0307. The number of ketones is 1. The molecule has 1 aromatic carbocycles. The molecule has 0 radical (unpaired) electrons. The quantitative estimate of drug-likeness (QED) is 0.144. The van der Waals surface area contributed by atoms with Crippen LogP contribution in [0.2, 0.25) is 0 Å². The first-order valence-electron chi connectivity index (χ1n) is 15.5. The fraction of sp³-hybridized carbons (Fsp3) is 0.528. The first-order valence-corrected chi connectivity index (χ1v) is 15.5. The topological polar surface area (TPSA) is 153 Å². The van der Waals surface area contributed by atoms with Gasteiger partial charge in [0.15, 0.2) is 5.78 Å². The summed E-state index contributed by atoms with van der Waals surface area (Å²) in [4.78, 5) is 41.8. The molecule has 0 spiro atoms. The standard InChI is InChI=1S/C22H29NO3.C14H23NO2.Li.H2O/c1-12(2)18-19(13(3)4)21(23-20(18)14(5)6)17(24)11-15-7-9-16(10-8-15)22(25)26;1-7(2)10-11(8(3)4)13(14(16)17)15-12(10)9(5)6;;/h7-10,12-14,23H,11H2,1-6H3,(H,25,26);7-9,15H,1-6H3,(H,16,17);;1H2/q;;+1;/p-1. The number of carboxylic acids is 2. The van der Waals surface area contributed by atoms with Gasteiger partial charge in [-0.1, -0.05) is 95.2 Å². The van der Waals surface area contributed by atoms with Gasteiger partial charge in [0.25, 0.3) is 0 Å². The zero-order chi connectivity index (χ0) is 32.9. The molecule has 8 nitrogen and oxygen atoms in total. The second-order valence-electron chi connectivity index (χ2n) is 13.3. The van der Waals surface area contributed by atoms with Gasteiger partial charge < -0.3 is 25.7 Å². The molecule has 2 aromatic heterocycles. The number of carbonyl (C=O) groups excluding carboxylic acids is 1. The molecule has 9 heteroatoms. The number of nitrogens with one attached hydrogen (secondary N) is 2. The van der Waals surface area contributed by atoms with Gasteiger partial charge in [-0.25, -0.2) is 9.59 Å². The third kappa shape index (κ3) is 9.97. The summed E-state index contributed by atoms with van der Waals surface area (Å²) in [6, 6.07) is 6.52. The Kier molecular flexibility index (Phi) is 16.4. The van der Waals surface area contributed by atoms with E-state index in [-0.39, 0.29) is 53.9 Å². The second-order valence-corrected chi connectivity index (χ2v) is 13.3. The summed E-state index contributed by atoms with van der Waals surface area (Å²) < 4.78 is 0. The number of Topliss-reactive ketones (excluding diaryl/α,β-unsaturated/α-hetero) is 1. The third-order valence-corrected chi connectivity index (χ3v) is 7.74. The number of rotatable bonds is 11. The van der Waals surface area contributed by atoms with Gasteiger partial charge in [0.1, 0.15) is 5.69 Å². The van der Waals surface area contributed by atoms with E-state index in [0.29, 0.717) is 35.1 Å². The van der Waals surface area contributed by atoms with Gasteiger partial charge in [-0.2, -0.15) is 0 Å². The summed E-state index contributed by atoms with van der Waals surface area (Å²) in [6.07, 6.45) is 0.259. The zero-order valence-electron chi connectivity index (χ0n) is 29.5. The van der Waals surface area contributed by atoms with Gasteiger partial charge in [-0.15, -0.1) is 0 Å². The number of carbonyl (C=O) groups is 3. The second kappa shape index (κ2) is 17.6. The molecule has 0 aliphatic carbocycles. The van der Waals surface area contributed by atoms with E-state index in [4.69, 9.17) is 5.11 Å². The van der Waals surface area contributed by atoms with Crippen LogP contribution in [0.5, 0.6) is 0 Å². The van der Waals surface area contributed by atoms with Crippen LogP contribution in [0, 0.1) is 0 Å².